The Balaban J connectivity index is 2.60. The van der Waals surface area contributed by atoms with Crippen molar-refractivity contribution in [3.63, 3.8) is 0 Å². The Morgan fingerprint density at radius 3 is 2.76 bits per heavy atom. The molecule has 7 heteroatoms. The van der Waals surface area contributed by atoms with Gasteiger partial charge in [0.25, 0.3) is 0 Å². The van der Waals surface area contributed by atoms with Gasteiger partial charge in [-0.15, -0.1) is 0 Å². The Hall–Kier alpha value is -0.500. The second-order valence-electron chi connectivity index (χ2n) is 3.43. The van der Waals surface area contributed by atoms with Gasteiger partial charge in [-0.1, -0.05) is 34.2 Å². The zero-order chi connectivity index (χ0) is 12.9. The first-order chi connectivity index (χ1) is 7.92. The molecule has 1 aromatic rings. The molecule has 0 aliphatic rings. The van der Waals surface area contributed by atoms with Crippen molar-refractivity contribution in [3.8, 4) is 0 Å². The summed E-state index contributed by atoms with van der Waals surface area (Å²) in [6.07, 6.45) is 1.14. The molecule has 4 nitrogen and oxygen atoms in total. The lowest BCUT2D eigenvalue weighted by molar-refractivity contribution is 0.580. The third-order valence-electron chi connectivity index (χ3n) is 2.00. The van der Waals surface area contributed by atoms with E-state index < -0.39 is 10.0 Å². The molecule has 0 aliphatic heterocycles. The van der Waals surface area contributed by atoms with Gasteiger partial charge >= 0.3 is 0 Å². The smallest absolute Gasteiger partial charge is 0.240 e. The average Bonchev–Trinajstić information content (AvgIpc) is 2.24. The van der Waals surface area contributed by atoms with E-state index >= 15 is 0 Å². The number of hydrogen-bond donors (Lipinski definition) is 2. The summed E-state index contributed by atoms with van der Waals surface area (Å²) >= 11 is 7.94. The molecule has 0 amide bonds. The lowest BCUT2D eigenvalue weighted by Gasteiger charge is -2.06. The fourth-order valence-corrected chi connectivity index (χ4v) is 3.00. The summed E-state index contributed by atoms with van der Waals surface area (Å²) in [5.41, 5.74) is 5.32. The molecule has 0 bridgehead atoms. The van der Waals surface area contributed by atoms with E-state index in [9.17, 15) is 8.42 Å². The summed E-state index contributed by atoms with van der Waals surface area (Å²) in [6.45, 7) is 0.326. The summed E-state index contributed by atoms with van der Waals surface area (Å²) in [4.78, 5) is 0.633. The molecule has 0 fully saturated rings. The van der Waals surface area contributed by atoms with E-state index in [4.69, 9.17) is 18.0 Å². The van der Waals surface area contributed by atoms with Crippen LogP contribution < -0.4 is 10.5 Å². The largest absolute Gasteiger partial charge is 0.393 e. The highest BCUT2D eigenvalue weighted by molar-refractivity contribution is 9.10. The fraction of sp³-hybridized carbons (Fsp3) is 0.300. The van der Waals surface area contributed by atoms with E-state index in [-0.39, 0.29) is 4.90 Å². The van der Waals surface area contributed by atoms with E-state index in [1.165, 1.54) is 0 Å². The Labute approximate surface area is 115 Å². The highest BCUT2D eigenvalue weighted by Gasteiger charge is 2.12. The van der Waals surface area contributed by atoms with Gasteiger partial charge in [-0.2, -0.15) is 0 Å². The van der Waals surface area contributed by atoms with Gasteiger partial charge in [0.1, 0.15) is 0 Å². The van der Waals surface area contributed by atoms with Crippen molar-refractivity contribution < 1.29 is 8.42 Å². The maximum Gasteiger partial charge on any atom is 0.240 e. The van der Waals surface area contributed by atoms with Crippen LogP contribution in [0.25, 0.3) is 0 Å². The monoisotopic (exact) mass is 336 g/mol. The second-order valence-corrected chi connectivity index (χ2v) is 6.63. The molecule has 0 atom stereocenters. The molecule has 0 spiro atoms. The standard InChI is InChI=1S/C10H13BrN2O2S2/c11-8-3-1-4-9(7-8)17(14,15)13-6-2-5-10(12)16/h1,3-4,7,13H,2,5-6H2,(H2,12,16). The van der Waals surface area contributed by atoms with Crippen LogP contribution in [0.5, 0.6) is 0 Å². The third-order valence-corrected chi connectivity index (χ3v) is 4.15. The van der Waals surface area contributed by atoms with Crippen LogP contribution in [0.3, 0.4) is 0 Å². The third kappa shape index (κ3) is 5.12. The number of sulfonamides is 1. The number of rotatable bonds is 6. The molecule has 0 unspecified atom stereocenters. The predicted molar refractivity (Wildman–Crippen MR) is 75.3 cm³/mol. The molecular formula is C10H13BrN2O2S2. The lowest BCUT2D eigenvalue weighted by atomic mass is 10.3. The maximum atomic E-state index is 11.8. The van der Waals surface area contributed by atoms with Gasteiger partial charge in [-0.05, 0) is 31.0 Å². The lowest BCUT2D eigenvalue weighted by Crippen LogP contribution is -2.25. The van der Waals surface area contributed by atoms with Crippen LogP contribution in [0.1, 0.15) is 12.8 Å². The van der Waals surface area contributed by atoms with Crippen LogP contribution in [-0.2, 0) is 10.0 Å². The topological polar surface area (TPSA) is 72.2 Å². The van der Waals surface area contributed by atoms with Crippen LogP contribution in [0.15, 0.2) is 33.6 Å². The van der Waals surface area contributed by atoms with Crippen molar-refractivity contribution in [3.05, 3.63) is 28.7 Å². The SMILES string of the molecule is NC(=S)CCCNS(=O)(=O)c1cccc(Br)c1. The van der Waals surface area contributed by atoms with Gasteiger partial charge in [0, 0.05) is 11.0 Å². The van der Waals surface area contributed by atoms with Crippen LogP contribution in [0.4, 0.5) is 0 Å². The second kappa shape index (κ2) is 6.44. The Kier molecular flexibility index (Phi) is 5.51. The number of benzene rings is 1. The summed E-state index contributed by atoms with van der Waals surface area (Å²) in [7, 11) is -3.44. The van der Waals surface area contributed by atoms with E-state index in [0.29, 0.717) is 24.4 Å². The summed E-state index contributed by atoms with van der Waals surface area (Å²) in [5.74, 6) is 0. The number of nitrogens with one attached hydrogen (secondary N) is 1. The Bertz CT molecular complexity index is 503. The van der Waals surface area contributed by atoms with Crippen molar-refractivity contribution in [2.45, 2.75) is 17.7 Å². The number of nitrogens with two attached hydrogens (primary N) is 1. The van der Waals surface area contributed by atoms with Crippen molar-refractivity contribution >= 4 is 43.2 Å². The van der Waals surface area contributed by atoms with Gasteiger partial charge in [0.15, 0.2) is 0 Å². The van der Waals surface area contributed by atoms with Crippen LogP contribution in [0.2, 0.25) is 0 Å². The van der Waals surface area contributed by atoms with Crippen molar-refractivity contribution in [2.75, 3.05) is 6.54 Å². The summed E-state index contributed by atoms with van der Waals surface area (Å²) in [5, 5.41) is 0. The quantitative estimate of drug-likeness (QED) is 0.613. The van der Waals surface area contributed by atoms with Crippen molar-refractivity contribution in [1.29, 1.82) is 0 Å². The number of halogens is 1. The molecule has 3 N–H and O–H groups in total. The highest BCUT2D eigenvalue weighted by atomic mass is 79.9. The van der Waals surface area contributed by atoms with Crippen LogP contribution >= 0.6 is 28.1 Å². The molecule has 0 heterocycles. The fourth-order valence-electron chi connectivity index (χ4n) is 1.19. The minimum atomic E-state index is -3.44. The molecule has 1 rings (SSSR count). The van der Waals surface area contributed by atoms with Gasteiger partial charge in [0.05, 0.1) is 9.88 Å². The zero-order valence-electron chi connectivity index (χ0n) is 9.02. The van der Waals surface area contributed by atoms with E-state index in [2.05, 4.69) is 20.7 Å². The maximum absolute atomic E-state index is 11.8. The average molecular weight is 337 g/mol. The number of hydrogen-bond acceptors (Lipinski definition) is 3. The molecule has 0 radical (unpaired) electrons. The van der Waals surface area contributed by atoms with Gasteiger partial charge < -0.3 is 5.73 Å². The first kappa shape index (κ1) is 14.6. The highest BCUT2D eigenvalue weighted by Crippen LogP contribution is 2.15. The molecule has 94 valence electrons. The molecule has 0 saturated heterocycles. The molecule has 17 heavy (non-hydrogen) atoms. The predicted octanol–water partition coefficient (Wildman–Crippen LogP) is 1.79. The minimum Gasteiger partial charge on any atom is -0.393 e. The van der Waals surface area contributed by atoms with Gasteiger partial charge in [0.2, 0.25) is 10.0 Å². The van der Waals surface area contributed by atoms with Gasteiger partial charge in [-0.25, -0.2) is 13.1 Å². The summed E-state index contributed by atoms with van der Waals surface area (Å²) < 4.78 is 26.9. The zero-order valence-corrected chi connectivity index (χ0v) is 12.2. The Morgan fingerprint density at radius 1 is 1.47 bits per heavy atom. The van der Waals surface area contributed by atoms with Crippen LogP contribution in [-0.4, -0.2) is 20.0 Å². The summed E-state index contributed by atoms with van der Waals surface area (Å²) in [6, 6.07) is 6.54. The van der Waals surface area contributed by atoms with E-state index in [0.717, 1.165) is 4.47 Å². The van der Waals surface area contributed by atoms with E-state index in [1.807, 2.05) is 0 Å². The van der Waals surface area contributed by atoms with Crippen molar-refractivity contribution in [1.82, 2.24) is 4.72 Å². The molecular weight excluding hydrogens is 324 g/mol. The Morgan fingerprint density at radius 2 is 2.18 bits per heavy atom. The normalized spacial score (nSPS) is 11.4. The first-order valence-corrected chi connectivity index (χ1v) is 7.64. The first-order valence-electron chi connectivity index (χ1n) is 4.95. The minimum absolute atomic E-state index is 0.238. The van der Waals surface area contributed by atoms with Gasteiger partial charge in [-0.3, -0.25) is 0 Å². The van der Waals surface area contributed by atoms with Crippen LogP contribution in [0, 0.1) is 0 Å². The van der Waals surface area contributed by atoms with E-state index in [1.54, 1.807) is 24.3 Å². The molecule has 0 aliphatic carbocycles. The molecule has 0 saturated carbocycles. The molecule has 0 aromatic heterocycles. The van der Waals surface area contributed by atoms with Crippen molar-refractivity contribution in [2.24, 2.45) is 5.73 Å². The molecule has 1 aromatic carbocycles. The number of thiocarbonyl (C=S) groups is 1.